The first-order valence-electron chi connectivity index (χ1n) is 5.75. The van der Waals surface area contributed by atoms with E-state index in [2.05, 4.69) is 10.1 Å². The zero-order valence-corrected chi connectivity index (χ0v) is 10.2. The van der Waals surface area contributed by atoms with Crippen LogP contribution < -0.4 is 0 Å². The second-order valence-electron chi connectivity index (χ2n) is 4.23. The minimum atomic E-state index is -0.952. The standard InChI is InChI=1S/C13H11N3O3/c1-8-14-11(19-15-8)7-16-6-5-9-3-2-4-10(12(9)16)13(17)18/h2-6H,7H2,1H3,(H,17,18). The van der Waals surface area contributed by atoms with Crippen LogP contribution in [0.2, 0.25) is 0 Å². The third-order valence-electron chi connectivity index (χ3n) is 2.89. The first-order chi connectivity index (χ1) is 9.15. The highest BCUT2D eigenvalue weighted by Crippen LogP contribution is 2.21. The van der Waals surface area contributed by atoms with Crippen LogP contribution in [-0.2, 0) is 6.54 Å². The molecule has 0 aliphatic heterocycles. The van der Waals surface area contributed by atoms with E-state index >= 15 is 0 Å². The number of aromatic nitrogens is 3. The molecule has 2 heterocycles. The minimum Gasteiger partial charge on any atom is -0.478 e. The van der Waals surface area contributed by atoms with E-state index in [1.165, 1.54) is 0 Å². The summed E-state index contributed by atoms with van der Waals surface area (Å²) in [6.45, 7) is 2.10. The van der Waals surface area contributed by atoms with Crippen molar-refractivity contribution < 1.29 is 14.4 Å². The van der Waals surface area contributed by atoms with E-state index < -0.39 is 5.97 Å². The zero-order valence-electron chi connectivity index (χ0n) is 10.2. The molecule has 3 aromatic rings. The van der Waals surface area contributed by atoms with Crippen molar-refractivity contribution in [2.45, 2.75) is 13.5 Å². The number of carbonyl (C=O) groups is 1. The minimum absolute atomic E-state index is 0.263. The molecule has 0 atom stereocenters. The Labute approximate surface area is 108 Å². The number of hydrogen-bond donors (Lipinski definition) is 1. The number of rotatable bonds is 3. The van der Waals surface area contributed by atoms with Gasteiger partial charge >= 0.3 is 5.97 Å². The van der Waals surface area contributed by atoms with Gasteiger partial charge in [-0.05, 0) is 19.1 Å². The average Bonchev–Trinajstić information content (AvgIpc) is 2.97. The van der Waals surface area contributed by atoms with Crippen LogP contribution in [0.3, 0.4) is 0 Å². The molecule has 1 aromatic carbocycles. The molecule has 0 amide bonds. The largest absolute Gasteiger partial charge is 0.478 e. The number of para-hydroxylation sites is 1. The van der Waals surface area contributed by atoms with Crippen molar-refractivity contribution in [2.75, 3.05) is 0 Å². The zero-order chi connectivity index (χ0) is 13.4. The van der Waals surface area contributed by atoms with Gasteiger partial charge in [-0.15, -0.1) is 0 Å². The third kappa shape index (κ3) is 1.97. The summed E-state index contributed by atoms with van der Waals surface area (Å²) in [5, 5.41) is 13.8. The van der Waals surface area contributed by atoms with Gasteiger partial charge < -0.3 is 14.2 Å². The summed E-state index contributed by atoms with van der Waals surface area (Å²) in [5.74, 6) is 0.0624. The maximum Gasteiger partial charge on any atom is 0.337 e. The summed E-state index contributed by atoms with van der Waals surface area (Å²) in [7, 11) is 0. The smallest absolute Gasteiger partial charge is 0.337 e. The lowest BCUT2D eigenvalue weighted by Crippen LogP contribution is -2.04. The molecular weight excluding hydrogens is 246 g/mol. The van der Waals surface area contributed by atoms with Crippen LogP contribution in [0.5, 0.6) is 0 Å². The van der Waals surface area contributed by atoms with E-state index in [0.717, 1.165) is 5.39 Å². The van der Waals surface area contributed by atoms with Crippen molar-refractivity contribution in [3.63, 3.8) is 0 Å². The molecule has 0 spiro atoms. The topological polar surface area (TPSA) is 81.2 Å². The number of aryl methyl sites for hydroxylation is 1. The monoisotopic (exact) mass is 257 g/mol. The number of benzene rings is 1. The Hall–Kier alpha value is -2.63. The van der Waals surface area contributed by atoms with Crippen LogP contribution in [0.1, 0.15) is 22.1 Å². The molecule has 0 fully saturated rings. The molecule has 6 nitrogen and oxygen atoms in total. The van der Waals surface area contributed by atoms with Crippen molar-refractivity contribution >= 4 is 16.9 Å². The molecule has 0 unspecified atom stereocenters. The number of carboxylic acid groups (broad SMARTS) is 1. The van der Waals surface area contributed by atoms with Crippen LogP contribution in [-0.4, -0.2) is 25.8 Å². The predicted molar refractivity (Wildman–Crippen MR) is 67.0 cm³/mol. The SMILES string of the molecule is Cc1noc(Cn2ccc3cccc(C(=O)O)c32)n1. The molecule has 3 rings (SSSR count). The Morgan fingerprint density at radius 1 is 1.42 bits per heavy atom. The molecular formula is C13H11N3O3. The van der Waals surface area contributed by atoms with Crippen LogP contribution >= 0.6 is 0 Å². The molecule has 0 aliphatic carbocycles. The van der Waals surface area contributed by atoms with Gasteiger partial charge in [0.15, 0.2) is 5.82 Å². The lowest BCUT2D eigenvalue weighted by Gasteiger charge is -2.04. The Morgan fingerprint density at radius 3 is 2.95 bits per heavy atom. The van der Waals surface area contributed by atoms with Crippen molar-refractivity contribution in [2.24, 2.45) is 0 Å². The van der Waals surface area contributed by atoms with Gasteiger partial charge in [-0.2, -0.15) is 4.98 Å². The van der Waals surface area contributed by atoms with E-state index in [1.54, 1.807) is 23.6 Å². The van der Waals surface area contributed by atoms with Gasteiger partial charge in [0.2, 0.25) is 5.89 Å². The number of fused-ring (bicyclic) bond motifs is 1. The molecule has 0 saturated heterocycles. The molecule has 0 saturated carbocycles. The second kappa shape index (κ2) is 4.24. The first kappa shape index (κ1) is 11.5. The highest BCUT2D eigenvalue weighted by molar-refractivity contribution is 6.02. The number of carboxylic acids is 1. The van der Waals surface area contributed by atoms with Gasteiger partial charge in [-0.3, -0.25) is 0 Å². The summed E-state index contributed by atoms with van der Waals surface area (Å²) >= 11 is 0. The number of aromatic carboxylic acids is 1. The molecule has 96 valence electrons. The van der Waals surface area contributed by atoms with E-state index in [-0.39, 0.29) is 5.56 Å². The summed E-state index contributed by atoms with van der Waals surface area (Å²) in [6, 6.07) is 7.05. The Kier molecular flexibility index (Phi) is 2.56. The van der Waals surface area contributed by atoms with Crippen molar-refractivity contribution in [3.8, 4) is 0 Å². The fourth-order valence-corrected chi connectivity index (χ4v) is 2.12. The molecule has 6 heteroatoms. The third-order valence-corrected chi connectivity index (χ3v) is 2.89. The normalized spacial score (nSPS) is 11.0. The van der Waals surface area contributed by atoms with E-state index in [1.807, 2.05) is 18.3 Å². The van der Waals surface area contributed by atoms with Crippen LogP contribution in [0.25, 0.3) is 10.9 Å². The summed E-state index contributed by atoms with van der Waals surface area (Å²) in [4.78, 5) is 15.4. The van der Waals surface area contributed by atoms with Gasteiger partial charge in [-0.1, -0.05) is 17.3 Å². The predicted octanol–water partition coefficient (Wildman–Crippen LogP) is 2.08. The van der Waals surface area contributed by atoms with Crippen molar-refractivity contribution in [3.05, 3.63) is 47.7 Å². The highest BCUT2D eigenvalue weighted by Gasteiger charge is 2.13. The quantitative estimate of drug-likeness (QED) is 0.776. The van der Waals surface area contributed by atoms with E-state index in [4.69, 9.17) is 4.52 Å². The first-order valence-corrected chi connectivity index (χ1v) is 5.75. The second-order valence-corrected chi connectivity index (χ2v) is 4.23. The maximum atomic E-state index is 11.3. The Bertz CT molecular complexity index is 757. The molecule has 0 radical (unpaired) electrons. The van der Waals surface area contributed by atoms with E-state index in [0.29, 0.717) is 23.8 Å². The van der Waals surface area contributed by atoms with Crippen molar-refractivity contribution in [1.29, 1.82) is 0 Å². The van der Waals surface area contributed by atoms with E-state index in [9.17, 15) is 9.90 Å². The Morgan fingerprint density at radius 2 is 2.26 bits per heavy atom. The molecule has 1 N–H and O–H groups in total. The summed E-state index contributed by atoms with van der Waals surface area (Å²) < 4.78 is 6.85. The number of nitrogens with zero attached hydrogens (tertiary/aromatic N) is 3. The van der Waals surface area contributed by atoms with Crippen molar-refractivity contribution in [1.82, 2.24) is 14.7 Å². The fraction of sp³-hybridized carbons (Fsp3) is 0.154. The molecule has 0 aliphatic rings. The summed E-state index contributed by atoms with van der Waals surface area (Å²) in [5.41, 5.74) is 0.921. The fourth-order valence-electron chi connectivity index (χ4n) is 2.12. The van der Waals surface area contributed by atoms with Gasteiger partial charge in [0.05, 0.1) is 11.1 Å². The maximum absolute atomic E-state index is 11.3. The van der Waals surface area contributed by atoms with Crippen LogP contribution in [0.4, 0.5) is 0 Å². The Balaban J connectivity index is 2.11. The highest BCUT2D eigenvalue weighted by atomic mass is 16.5. The van der Waals surface area contributed by atoms with Gasteiger partial charge in [-0.25, -0.2) is 4.79 Å². The van der Waals surface area contributed by atoms with Crippen LogP contribution in [0.15, 0.2) is 35.0 Å². The lowest BCUT2D eigenvalue weighted by molar-refractivity contribution is 0.0698. The van der Waals surface area contributed by atoms with Gasteiger partial charge in [0.25, 0.3) is 0 Å². The molecule has 2 aromatic heterocycles. The average molecular weight is 257 g/mol. The van der Waals surface area contributed by atoms with Crippen LogP contribution in [0, 0.1) is 6.92 Å². The van der Waals surface area contributed by atoms with Gasteiger partial charge in [0, 0.05) is 11.6 Å². The molecule has 19 heavy (non-hydrogen) atoms. The number of hydrogen-bond acceptors (Lipinski definition) is 4. The molecule has 0 bridgehead atoms. The summed E-state index contributed by atoms with van der Waals surface area (Å²) in [6.07, 6.45) is 1.82. The van der Waals surface area contributed by atoms with Gasteiger partial charge in [0.1, 0.15) is 6.54 Å². The lowest BCUT2D eigenvalue weighted by atomic mass is 10.1.